The summed E-state index contributed by atoms with van der Waals surface area (Å²) >= 11 is 0. The van der Waals surface area contributed by atoms with E-state index in [9.17, 15) is 4.79 Å². The van der Waals surface area contributed by atoms with Crippen LogP contribution < -0.4 is 0 Å². The molecule has 1 unspecified atom stereocenters. The summed E-state index contributed by atoms with van der Waals surface area (Å²) in [5.41, 5.74) is -0.452. The van der Waals surface area contributed by atoms with Crippen LogP contribution in [-0.4, -0.2) is 48.8 Å². The highest BCUT2D eigenvalue weighted by molar-refractivity contribution is 5.70. The summed E-state index contributed by atoms with van der Waals surface area (Å²) in [4.78, 5) is 13.9. The topological polar surface area (TPSA) is 38.8 Å². The summed E-state index contributed by atoms with van der Waals surface area (Å²) in [7, 11) is 1.76. The van der Waals surface area contributed by atoms with Crippen LogP contribution in [0.5, 0.6) is 0 Å². The molecule has 106 valence electrons. The molecule has 0 radical (unpaired) electrons. The molecule has 0 saturated carbocycles. The molecule has 4 nitrogen and oxygen atoms in total. The van der Waals surface area contributed by atoms with Gasteiger partial charge in [0.15, 0.2) is 0 Å². The van der Waals surface area contributed by atoms with Crippen LogP contribution in [0.4, 0.5) is 0 Å². The molecule has 4 heteroatoms. The number of piperidine rings is 1. The van der Waals surface area contributed by atoms with Crippen molar-refractivity contribution in [2.24, 2.45) is 0 Å². The van der Waals surface area contributed by atoms with Crippen LogP contribution in [0.1, 0.15) is 47.0 Å². The van der Waals surface area contributed by atoms with Gasteiger partial charge >= 0.3 is 5.97 Å². The minimum Gasteiger partial charge on any atom is -0.460 e. The fourth-order valence-corrected chi connectivity index (χ4v) is 2.31. The summed E-state index contributed by atoms with van der Waals surface area (Å²) in [6.45, 7) is 10.5. The number of esters is 1. The van der Waals surface area contributed by atoms with Crippen LogP contribution >= 0.6 is 0 Å². The molecule has 0 N–H and O–H groups in total. The number of carbonyl (C=O) groups is 1. The molecule has 0 spiro atoms. The van der Waals surface area contributed by atoms with Gasteiger partial charge in [-0.15, -0.1) is 0 Å². The first-order valence-corrected chi connectivity index (χ1v) is 6.73. The molecule has 0 amide bonds. The predicted octanol–water partition coefficient (Wildman–Crippen LogP) is 2.22. The third-order valence-electron chi connectivity index (χ3n) is 3.28. The summed E-state index contributed by atoms with van der Waals surface area (Å²) in [6, 6.07) is 0. The van der Waals surface area contributed by atoms with E-state index in [4.69, 9.17) is 9.47 Å². The lowest BCUT2D eigenvalue weighted by Crippen LogP contribution is -2.47. The molecule has 1 heterocycles. The summed E-state index contributed by atoms with van der Waals surface area (Å²) in [6.07, 6.45) is 2.67. The zero-order valence-corrected chi connectivity index (χ0v) is 12.4. The van der Waals surface area contributed by atoms with Crippen molar-refractivity contribution < 1.29 is 14.3 Å². The molecule has 18 heavy (non-hydrogen) atoms. The lowest BCUT2D eigenvalue weighted by Gasteiger charge is -2.39. The van der Waals surface area contributed by atoms with Crippen LogP contribution in [0, 0.1) is 0 Å². The molecular weight excluding hydrogens is 230 g/mol. The first kappa shape index (κ1) is 15.4. The maximum absolute atomic E-state index is 11.7. The highest BCUT2D eigenvalue weighted by Gasteiger charge is 2.30. The maximum atomic E-state index is 11.7. The second kappa shape index (κ2) is 6.02. The van der Waals surface area contributed by atoms with Crippen LogP contribution in [0.25, 0.3) is 0 Å². The zero-order chi connectivity index (χ0) is 13.8. The fraction of sp³-hybridized carbons (Fsp3) is 0.929. The van der Waals surface area contributed by atoms with E-state index in [0.717, 1.165) is 32.5 Å². The van der Waals surface area contributed by atoms with E-state index < -0.39 is 0 Å². The van der Waals surface area contributed by atoms with E-state index in [-0.39, 0.29) is 17.2 Å². The van der Waals surface area contributed by atoms with Crippen LogP contribution in [-0.2, 0) is 14.3 Å². The molecular formula is C14H27NO3. The molecule has 0 aromatic rings. The summed E-state index contributed by atoms with van der Waals surface area (Å²) in [5.74, 6) is -0.118. The first-order valence-electron chi connectivity index (χ1n) is 6.73. The fourth-order valence-electron chi connectivity index (χ4n) is 2.31. The van der Waals surface area contributed by atoms with Crippen LogP contribution in [0.2, 0.25) is 0 Å². The molecule has 1 rings (SSSR count). The van der Waals surface area contributed by atoms with Crippen molar-refractivity contribution in [3.63, 3.8) is 0 Å². The molecule has 0 aromatic heterocycles. The second-order valence-electron chi connectivity index (χ2n) is 6.37. The van der Waals surface area contributed by atoms with Crippen LogP contribution in [0.15, 0.2) is 0 Å². The van der Waals surface area contributed by atoms with Gasteiger partial charge in [-0.3, -0.25) is 9.69 Å². The Bertz CT molecular complexity index is 285. The largest absolute Gasteiger partial charge is 0.460 e. The Morgan fingerprint density at radius 1 is 1.39 bits per heavy atom. The van der Waals surface area contributed by atoms with Crippen molar-refractivity contribution in [2.75, 3.05) is 26.7 Å². The van der Waals surface area contributed by atoms with Crippen molar-refractivity contribution in [3.05, 3.63) is 0 Å². The molecule has 1 saturated heterocycles. The Morgan fingerprint density at radius 3 is 2.61 bits per heavy atom. The van der Waals surface area contributed by atoms with Crippen LogP contribution in [0.3, 0.4) is 0 Å². The van der Waals surface area contributed by atoms with Crippen molar-refractivity contribution in [1.82, 2.24) is 4.90 Å². The Labute approximate surface area is 111 Å². The Kier molecular flexibility index (Phi) is 5.17. The van der Waals surface area contributed by atoms with Gasteiger partial charge in [-0.05, 0) is 47.1 Å². The molecule has 1 aliphatic heterocycles. The van der Waals surface area contributed by atoms with Gasteiger partial charge in [0, 0.05) is 20.2 Å². The maximum Gasteiger partial charge on any atom is 0.307 e. The molecule has 1 atom stereocenters. The van der Waals surface area contributed by atoms with Crippen molar-refractivity contribution >= 4 is 5.97 Å². The minimum absolute atomic E-state index is 0.0633. The smallest absolute Gasteiger partial charge is 0.307 e. The van der Waals surface area contributed by atoms with Gasteiger partial charge in [-0.1, -0.05) is 0 Å². The highest BCUT2D eigenvalue weighted by atomic mass is 16.6. The molecule has 0 aliphatic carbocycles. The standard InChI is InChI=1S/C14H27NO3/c1-13(2,3)18-12(16)7-10-15-9-6-8-14(4,11-15)17-5/h6-11H2,1-5H3. The number of likely N-dealkylation sites (tertiary alicyclic amines) is 1. The SMILES string of the molecule is COC1(C)CCCN(CCC(=O)OC(C)(C)C)C1. The summed E-state index contributed by atoms with van der Waals surface area (Å²) in [5, 5.41) is 0. The third kappa shape index (κ3) is 5.36. The Balaban J connectivity index is 2.33. The van der Waals surface area contributed by atoms with Gasteiger partial charge in [-0.2, -0.15) is 0 Å². The number of hydrogen-bond acceptors (Lipinski definition) is 4. The average molecular weight is 257 g/mol. The van der Waals surface area contributed by atoms with Crippen molar-refractivity contribution in [1.29, 1.82) is 0 Å². The number of carbonyl (C=O) groups excluding carboxylic acids is 1. The second-order valence-corrected chi connectivity index (χ2v) is 6.37. The number of ether oxygens (including phenoxy) is 2. The molecule has 0 aromatic carbocycles. The number of rotatable bonds is 4. The third-order valence-corrected chi connectivity index (χ3v) is 3.28. The lowest BCUT2D eigenvalue weighted by atomic mass is 9.95. The molecule has 1 fully saturated rings. The Hall–Kier alpha value is -0.610. The van der Waals surface area contributed by atoms with Crippen molar-refractivity contribution in [3.8, 4) is 0 Å². The van der Waals surface area contributed by atoms with E-state index >= 15 is 0 Å². The van der Waals surface area contributed by atoms with Gasteiger partial charge in [0.25, 0.3) is 0 Å². The summed E-state index contributed by atoms with van der Waals surface area (Å²) < 4.78 is 10.8. The average Bonchev–Trinajstić information content (AvgIpc) is 2.24. The van der Waals surface area contributed by atoms with Gasteiger partial charge in [0.1, 0.15) is 5.60 Å². The van der Waals surface area contributed by atoms with E-state index in [0.29, 0.717) is 6.42 Å². The van der Waals surface area contributed by atoms with E-state index in [1.165, 1.54) is 0 Å². The number of nitrogens with zero attached hydrogens (tertiary/aromatic N) is 1. The van der Waals surface area contributed by atoms with E-state index in [1.807, 2.05) is 20.8 Å². The zero-order valence-electron chi connectivity index (χ0n) is 12.4. The molecule has 0 bridgehead atoms. The Morgan fingerprint density at radius 2 is 2.06 bits per heavy atom. The normalized spacial score (nSPS) is 26.1. The highest BCUT2D eigenvalue weighted by Crippen LogP contribution is 2.23. The number of hydrogen-bond donors (Lipinski definition) is 0. The monoisotopic (exact) mass is 257 g/mol. The van der Waals surface area contributed by atoms with E-state index in [1.54, 1.807) is 7.11 Å². The lowest BCUT2D eigenvalue weighted by molar-refractivity contribution is -0.155. The quantitative estimate of drug-likeness (QED) is 0.724. The van der Waals surface area contributed by atoms with Gasteiger partial charge < -0.3 is 9.47 Å². The number of methoxy groups -OCH3 is 1. The van der Waals surface area contributed by atoms with E-state index in [2.05, 4.69) is 11.8 Å². The molecule has 1 aliphatic rings. The van der Waals surface area contributed by atoms with Crippen molar-refractivity contribution in [2.45, 2.75) is 58.2 Å². The van der Waals surface area contributed by atoms with Gasteiger partial charge in [-0.25, -0.2) is 0 Å². The van der Waals surface area contributed by atoms with Gasteiger partial charge in [0.2, 0.25) is 0 Å². The minimum atomic E-state index is -0.389. The van der Waals surface area contributed by atoms with Gasteiger partial charge in [0.05, 0.1) is 12.0 Å². The predicted molar refractivity (Wildman–Crippen MR) is 71.6 cm³/mol. The first-order chi connectivity index (χ1) is 8.24.